The second-order valence-corrected chi connectivity index (χ2v) is 5.42. The van der Waals surface area contributed by atoms with Crippen LogP contribution in [0.5, 0.6) is 0 Å². The lowest BCUT2D eigenvalue weighted by molar-refractivity contribution is 0.317. The van der Waals surface area contributed by atoms with Gasteiger partial charge in [0.2, 0.25) is 0 Å². The zero-order valence-electron chi connectivity index (χ0n) is 12.8. The van der Waals surface area contributed by atoms with E-state index in [1.165, 1.54) is 17.2 Å². The maximum Gasteiger partial charge on any atom is 0.123 e. The molecule has 0 unspecified atom stereocenters. The smallest absolute Gasteiger partial charge is 0.123 e. The van der Waals surface area contributed by atoms with E-state index < -0.39 is 0 Å². The lowest BCUT2D eigenvalue weighted by Crippen LogP contribution is -2.19. The molecule has 0 aliphatic heterocycles. The molecule has 3 heteroatoms. The zero-order valence-corrected chi connectivity index (χ0v) is 12.8. The first-order valence-electron chi connectivity index (χ1n) is 7.33. The van der Waals surface area contributed by atoms with Crippen LogP contribution in [0.1, 0.15) is 16.7 Å². The van der Waals surface area contributed by atoms with Gasteiger partial charge in [0, 0.05) is 13.1 Å². The maximum absolute atomic E-state index is 13.2. The molecule has 2 rings (SSSR count). The van der Waals surface area contributed by atoms with E-state index >= 15 is 0 Å². The van der Waals surface area contributed by atoms with E-state index in [9.17, 15) is 4.39 Å². The highest BCUT2D eigenvalue weighted by atomic mass is 19.1. The van der Waals surface area contributed by atoms with Gasteiger partial charge in [-0.1, -0.05) is 36.4 Å². The van der Waals surface area contributed by atoms with E-state index in [4.69, 9.17) is 0 Å². The van der Waals surface area contributed by atoms with Crippen LogP contribution >= 0.6 is 0 Å². The van der Waals surface area contributed by atoms with Crippen LogP contribution < -0.4 is 5.32 Å². The van der Waals surface area contributed by atoms with Crippen molar-refractivity contribution in [3.63, 3.8) is 0 Å². The lowest BCUT2D eigenvalue weighted by atomic mass is 10.0. The second-order valence-electron chi connectivity index (χ2n) is 5.42. The van der Waals surface area contributed by atoms with Crippen molar-refractivity contribution < 1.29 is 4.39 Å². The molecule has 21 heavy (non-hydrogen) atoms. The first-order valence-corrected chi connectivity index (χ1v) is 7.33. The summed E-state index contributed by atoms with van der Waals surface area (Å²) >= 11 is 0. The average molecular weight is 286 g/mol. The predicted octanol–water partition coefficient (Wildman–Crippen LogP) is 3.22. The summed E-state index contributed by atoms with van der Waals surface area (Å²) in [4.78, 5) is 2.22. The average Bonchev–Trinajstić information content (AvgIpc) is 2.46. The number of hydrogen-bond donors (Lipinski definition) is 1. The minimum absolute atomic E-state index is 0.171. The Balaban J connectivity index is 2.00. The molecule has 112 valence electrons. The molecule has 0 heterocycles. The summed E-state index contributed by atoms with van der Waals surface area (Å²) in [6.45, 7) is 2.60. The van der Waals surface area contributed by atoms with Crippen LogP contribution in [0.15, 0.2) is 48.5 Å². The first kappa shape index (κ1) is 15.7. The quantitative estimate of drug-likeness (QED) is 0.841. The fraction of sp³-hybridized carbons (Fsp3) is 0.333. The molecule has 0 saturated carbocycles. The van der Waals surface area contributed by atoms with Crippen molar-refractivity contribution in [1.82, 2.24) is 10.2 Å². The molecule has 0 radical (unpaired) electrons. The molecular weight excluding hydrogens is 263 g/mol. The largest absolute Gasteiger partial charge is 0.319 e. The summed E-state index contributed by atoms with van der Waals surface area (Å²) < 4.78 is 13.2. The molecule has 0 amide bonds. The van der Waals surface area contributed by atoms with Crippen LogP contribution in [0, 0.1) is 5.82 Å². The number of halogens is 1. The molecular formula is C18H23FN2. The Morgan fingerprint density at radius 1 is 1.00 bits per heavy atom. The van der Waals surface area contributed by atoms with Gasteiger partial charge in [-0.3, -0.25) is 4.90 Å². The minimum atomic E-state index is -0.171. The molecule has 1 N–H and O–H groups in total. The standard InChI is InChI=1S/C18H23FN2/c1-20-11-10-16-7-3-4-8-17(16)14-21(2)13-15-6-5-9-18(19)12-15/h3-9,12,20H,10-11,13-14H2,1-2H3. The van der Waals surface area contributed by atoms with E-state index in [2.05, 4.69) is 41.5 Å². The van der Waals surface area contributed by atoms with Crippen LogP contribution in [0.2, 0.25) is 0 Å². The Bertz CT molecular complexity index is 569. The van der Waals surface area contributed by atoms with Gasteiger partial charge in [0.15, 0.2) is 0 Å². The van der Waals surface area contributed by atoms with Crippen molar-refractivity contribution in [3.05, 3.63) is 71.0 Å². The molecule has 2 aromatic carbocycles. The summed E-state index contributed by atoms with van der Waals surface area (Å²) in [6.07, 6.45) is 1.03. The van der Waals surface area contributed by atoms with E-state index in [0.717, 1.165) is 31.6 Å². The maximum atomic E-state index is 13.2. The van der Waals surface area contributed by atoms with Crippen molar-refractivity contribution >= 4 is 0 Å². The Hall–Kier alpha value is -1.71. The fourth-order valence-electron chi connectivity index (χ4n) is 2.51. The number of nitrogens with zero attached hydrogens (tertiary/aromatic N) is 1. The van der Waals surface area contributed by atoms with Crippen molar-refractivity contribution in [2.45, 2.75) is 19.5 Å². The molecule has 0 aliphatic carbocycles. The molecule has 0 aromatic heterocycles. The van der Waals surface area contributed by atoms with Crippen LogP contribution in [0.25, 0.3) is 0 Å². The van der Waals surface area contributed by atoms with Crippen LogP contribution in [-0.4, -0.2) is 25.5 Å². The summed E-state index contributed by atoms with van der Waals surface area (Å²) in [7, 11) is 4.04. The van der Waals surface area contributed by atoms with Gasteiger partial charge in [-0.05, 0) is 55.9 Å². The lowest BCUT2D eigenvalue weighted by Gasteiger charge is -2.19. The molecule has 0 bridgehead atoms. The summed E-state index contributed by atoms with van der Waals surface area (Å²) in [5.41, 5.74) is 3.72. The Labute approximate surface area is 126 Å². The third-order valence-electron chi connectivity index (χ3n) is 3.54. The minimum Gasteiger partial charge on any atom is -0.319 e. The van der Waals surface area contributed by atoms with Crippen LogP contribution in [0.4, 0.5) is 4.39 Å². The van der Waals surface area contributed by atoms with Crippen LogP contribution in [-0.2, 0) is 19.5 Å². The Morgan fingerprint density at radius 2 is 1.76 bits per heavy atom. The van der Waals surface area contributed by atoms with Gasteiger partial charge in [0.1, 0.15) is 5.82 Å². The summed E-state index contributed by atoms with van der Waals surface area (Å²) in [5, 5.41) is 3.19. The van der Waals surface area contributed by atoms with Gasteiger partial charge in [-0.25, -0.2) is 4.39 Å². The highest BCUT2D eigenvalue weighted by Gasteiger charge is 2.06. The Morgan fingerprint density at radius 3 is 2.48 bits per heavy atom. The van der Waals surface area contributed by atoms with E-state index in [1.54, 1.807) is 12.1 Å². The highest BCUT2D eigenvalue weighted by Crippen LogP contribution is 2.14. The van der Waals surface area contributed by atoms with E-state index in [-0.39, 0.29) is 5.82 Å². The van der Waals surface area contributed by atoms with Crippen molar-refractivity contribution in [1.29, 1.82) is 0 Å². The van der Waals surface area contributed by atoms with Gasteiger partial charge in [-0.2, -0.15) is 0 Å². The molecule has 0 fully saturated rings. The van der Waals surface area contributed by atoms with Gasteiger partial charge < -0.3 is 5.32 Å². The Kier molecular flexibility index (Phi) is 5.90. The molecule has 0 spiro atoms. The van der Waals surface area contributed by atoms with Gasteiger partial charge >= 0.3 is 0 Å². The monoisotopic (exact) mass is 286 g/mol. The third-order valence-corrected chi connectivity index (χ3v) is 3.54. The molecule has 2 nitrogen and oxygen atoms in total. The summed E-state index contributed by atoms with van der Waals surface area (Å²) in [5.74, 6) is -0.171. The molecule has 0 atom stereocenters. The van der Waals surface area contributed by atoms with Crippen LogP contribution in [0.3, 0.4) is 0 Å². The number of rotatable bonds is 7. The summed E-state index contributed by atoms with van der Waals surface area (Å²) in [6, 6.07) is 15.3. The van der Waals surface area contributed by atoms with E-state index in [0.29, 0.717) is 0 Å². The molecule has 0 saturated heterocycles. The molecule has 2 aromatic rings. The highest BCUT2D eigenvalue weighted by molar-refractivity contribution is 5.27. The second kappa shape index (κ2) is 7.91. The van der Waals surface area contributed by atoms with Crippen molar-refractivity contribution in [3.8, 4) is 0 Å². The number of benzene rings is 2. The SMILES string of the molecule is CNCCc1ccccc1CN(C)Cc1cccc(F)c1. The van der Waals surface area contributed by atoms with Gasteiger partial charge in [0.25, 0.3) is 0 Å². The van der Waals surface area contributed by atoms with E-state index in [1.807, 2.05) is 13.1 Å². The van der Waals surface area contributed by atoms with Gasteiger partial charge in [0.05, 0.1) is 0 Å². The number of hydrogen-bond acceptors (Lipinski definition) is 2. The zero-order chi connectivity index (χ0) is 15.1. The third kappa shape index (κ3) is 4.96. The number of nitrogens with one attached hydrogen (secondary N) is 1. The normalized spacial score (nSPS) is 11.0. The van der Waals surface area contributed by atoms with Crippen molar-refractivity contribution in [2.75, 3.05) is 20.6 Å². The topological polar surface area (TPSA) is 15.3 Å². The van der Waals surface area contributed by atoms with Gasteiger partial charge in [-0.15, -0.1) is 0 Å². The van der Waals surface area contributed by atoms with Crippen molar-refractivity contribution in [2.24, 2.45) is 0 Å². The molecule has 0 aliphatic rings. The fourth-order valence-corrected chi connectivity index (χ4v) is 2.51. The number of likely N-dealkylation sites (N-methyl/N-ethyl adjacent to an activating group) is 1. The predicted molar refractivity (Wildman–Crippen MR) is 85.6 cm³/mol. The first-order chi connectivity index (χ1) is 10.2.